The van der Waals surface area contributed by atoms with Crippen molar-refractivity contribution >= 4 is 39.2 Å². The number of non-ortho nitro benzene ring substituents is 1. The molecule has 0 radical (unpaired) electrons. The molecule has 0 N–H and O–H groups in total. The molecule has 0 aliphatic rings. The van der Waals surface area contributed by atoms with Crippen LogP contribution in [0.1, 0.15) is 5.69 Å². The van der Waals surface area contributed by atoms with Crippen molar-refractivity contribution in [2.24, 2.45) is 0 Å². The van der Waals surface area contributed by atoms with Crippen LogP contribution in [-0.4, -0.2) is 10.1 Å². The lowest BCUT2D eigenvalue weighted by atomic mass is 10.0. The van der Waals surface area contributed by atoms with Crippen LogP contribution in [0.4, 0.5) is 5.69 Å². The Balaban J connectivity index is 1.87. The monoisotopic (exact) mass is 472 g/mol. The molecule has 1 heterocycles. The van der Waals surface area contributed by atoms with E-state index in [0.717, 1.165) is 20.2 Å². The van der Waals surface area contributed by atoms with Crippen molar-refractivity contribution in [3.8, 4) is 22.6 Å². The Hall–Kier alpha value is -2.94. The number of hydrogen-bond donors (Lipinski definition) is 0. The summed E-state index contributed by atoms with van der Waals surface area (Å²) in [5, 5.41) is 16.1. The number of benzene rings is 3. The van der Waals surface area contributed by atoms with Gasteiger partial charge in [0.1, 0.15) is 11.5 Å². The molecule has 27 heavy (non-hydrogen) atoms. The third kappa shape index (κ3) is 3.37. The molecule has 4 rings (SSSR count). The Morgan fingerprint density at radius 3 is 2.67 bits per heavy atom. The SMILES string of the molecule is Cc1noc2ccc(-c3cc([N+](=O)[O-])ccc3Oc3ccccc3I)cc12. The highest BCUT2D eigenvalue weighted by Crippen LogP contribution is 2.38. The topological polar surface area (TPSA) is 78.4 Å². The van der Waals surface area contributed by atoms with E-state index < -0.39 is 4.92 Å². The molecule has 0 atom stereocenters. The summed E-state index contributed by atoms with van der Waals surface area (Å²) in [4.78, 5) is 10.9. The lowest BCUT2D eigenvalue weighted by Gasteiger charge is -2.12. The van der Waals surface area contributed by atoms with Crippen LogP contribution in [0.5, 0.6) is 11.5 Å². The summed E-state index contributed by atoms with van der Waals surface area (Å²) in [6, 6.07) is 17.8. The van der Waals surface area contributed by atoms with Crippen LogP contribution in [0.25, 0.3) is 22.1 Å². The first kappa shape index (κ1) is 17.5. The summed E-state index contributed by atoms with van der Waals surface area (Å²) < 4.78 is 12.3. The second kappa shape index (κ2) is 6.99. The predicted molar refractivity (Wildman–Crippen MR) is 110 cm³/mol. The van der Waals surface area contributed by atoms with E-state index >= 15 is 0 Å². The van der Waals surface area contributed by atoms with Gasteiger partial charge in [0.2, 0.25) is 0 Å². The normalized spacial score (nSPS) is 10.9. The van der Waals surface area contributed by atoms with Gasteiger partial charge in [0.05, 0.1) is 14.2 Å². The molecular weight excluding hydrogens is 459 g/mol. The van der Waals surface area contributed by atoms with Crippen molar-refractivity contribution < 1.29 is 14.2 Å². The van der Waals surface area contributed by atoms with Gasteiger partial charge in [-0.3, -0.25) is 10.1 Å². The Morgan fingerprint density at radius 1 is 1.07 bits per heavy atom. The lowest BCUT2D eigenvalue weighted by Crippen LogP contribution is -1.93. The van der Waals surface area contributed by atoms with E-state index in [1.54, 1.807) is 12.1 Å². The minimum atomic E-state index is -0.414. The number of halogens is 1. The van der Waals surface area contributed by atoms with E-state index in [0.29, 0.717) is 22.6 Å². The number of aromatic nitrogens is 1. The molecule has 0 amide bonds. The quantitative estimate of drug-likeness (QED) is 0.204. The molecular formula is C20H13IN2O4. The highest BCUT2D eigenvalue weighted by atomic mass is 127. The maximum atomic E-state index is 11.3. The largest absolute Gasteiger partial charge is 0.456 e. The maximum Gasteiger partial charge on any atom is 0.270 e. The first-order chi connectivity index (χ1) is 13.0. The molecule has 0 saturated carbocycles. The average Bonchev–Trinajstić information content (AvgIpc) is 3.04. The molecule has 0 aliphatic carbocycles. The summed E-state index contributed by atoms with van der Waals surface area (Å²) in [7, 11) is 0. The zero-order valence-corrected chi connectivity index (χ0v) is 16.3. The Kier molecular flexibility index (Phi) is 4.53. The number of nitro benzene ring substituents is 1. The molecule has 134 valence electrons. The number of nitro groups is 1. The molecule has 3 aromatic carbocycles. The van der Waals surface area contributed by atoms with Gasteiger partial charge in [-0.15, -0.1) is 0 Å². The molecule has 0 aliphatic heterocycles. The van der Waals surface area contributed by atoms with Crippen LogP contribution >= 0.6 is 22.6 Å². The number of ether oxygens (including phenoxy) is 1. The first-order valence-corrected chi connectivity index (χ1v) is 9.18. The number of nitrogens with zero attached hydrogens (tertiary/aromatic N) is 2. The number of fused-ring (bicyclic) bond motifs is 1. The van der Waals surface area contributed by atoms with Crippen molar-refractivity contribution in [2.75, 3.05) is 0 Å². The molecule has 0 unspecified atom stereocenters. The minimum absolute atomic E-state index is 0.00208. The molecule has 7 heteroatoms. The standard InChI is InChI=1S/C20H13IN2O4/c1-12-15-10-13(6-8-19(15)27-22-12)16-11-14(23(24)25)7-9-18(16)26-20-5-3-2-4-17(20)21/h2-11H,1H3. The van der Waals surface area contributed by atoms with Gasteiger partial charge in [0.15, 0.2) is 5.58 Å². The third-order valence-electron chi connectivity index (χ3n) is 4.19. The second-order valence-corrected chi connectivity index (χ2v) is 7.11. The molecule has 0 spiro atoms. The van der Waals surface area contributed by atoms with Gasteiger partial charge < -0.3 is 9.26 Å². The summed E-state index contributed by atoms with van der Waals surface area (Å²) in [5.74, 6) is 1.23. The highest BCUT2D eigenvalue weighted by molar-refractivity contribution is 14.1. The summed E-state index contributed by atoms with van der Waals surface area (Å²) in [6.07, 6.45) is 0. The van der Waals surface area contributed by atoms with E-state index in [1.807, 2.05) is 43.3 Å². The fourth-order valence-electron chi connectivity index (χ4n) is 2.82. The van der Waals surface area contributed by atoms with Gasteiger partial charge in [0, 0.05) is 23.1 Å². The van der Waals surface area contributed by atoms with Crippen LogP contribution in [0, 0.1) is 20.6 Å². The highest BCUT2D eigenvalue weighted by Gasteiger charge is 2.16. The number of hydrogen-bond acceptors (Lipinski definition) is 5. The Morgan fingerprint density at radius 2 is 1.89 bits per heavy atom. The van der Waals surface area contributed by atoms with Crippen molar-refractivity contribution in [1.29, 1.82) is 0 Å². The van der Waals surface area contributed by atoms with E-state index in [2.05, 4.69) is 27.7 Å². The fraction of sp³-hybridized carbons (Fsp3) is 0.0500. The zero-order chi connectivity index (χ0) is 19.0. The van der Waals surface area contributed by atoms with Crippen molar-refractivity contribution in [3.63, 3.8) is 0 Å². The molecule has 0 fully saturated rings. The average molecular weight is 472 g/mol. The van der Waals surface area contributed by atoms with E-state index in [-0.39, 0.29) is 5.69 Å². The Bertz CT molecular complexity index is 1170. The van der Waals surface area contributed by atoms with Crippen molar-refractivity contribution in [1.82, 2.24) is 5.16 Å². The van der Waals surface area contributed by atoms with Gasteiger partial charge in [-0.1, -0.05) is 23.4 Å². The smallest absolute Gasteiger partial charge is 0.270 e. The van der Waals surface area contributed by atoms with Gasteiger partial charge in [-0.25, -0.2) is 0 Å². The maximum absolute atomic E-state index is 11.3. The predicted octanol–water partition coefficient (Wildman–Crippen LogP) is 6.11. The van der Waals surface area contributed by atoms with Gasteiger partial charge >= 0.3 is 0 Å². The molecule has 4 aromatic rings. The van der Waals surface area contributed by atoms with Crippen molar-refractivity contribution in [2.45, 2.75) is 6.92 Å². The lowest BCUT2D eigenvalue weighted by molar-refractivity contribution is -0.384. The Labute approximate surface area is 168 Å². The third-order valence-corrected chi connectivity index (χ3v) is 5.08. The van der Waals surface area contributed by atoms with Crippen LogP contribution in [0.3, 0.4) is 0 Å². The summed E-state index contributed by atoms with van der Waals surface area (Å²) in [6.45, 7) is 1.85. The van der Waals surface area contributed by atoms with Crippen LogP contribution in [0.15, 0.2) is 65.2 Å². The van der Waals surface area contributed by atoms with Gasteiger partial charge in [-0.05, 0) is 65.4 Å². The molecule has 0 bridgehead atoms. The summed E-state index contributed by atoms with van der Waals surface area (Å²) in [5.41, 5.74) is 2.85. The second-order valence-electron chi connectivity index (χ2n) is 5.95. The molecule has 1 aromatic heterocycles. The fourth-order valence-corrected chi connectivity index (χ4v) is 3.32. The van der Waals surface area contributed by atoms with Gasteiger partial charge in [-0.2, -0.15) is 0 Å². The number of aryl methyl sites for hydroxylation is 1. The van der Waals surface area contributed by atoms with Crippen LogP contribution in [0.2, 0.25) is 0 Å². The number of rotatable bonds is 4. The number of para-hydroxylation sites is 1. The zero-order valence-electron chi connectivity index (χ0n) is 14.2. The minimum Gasteiger partial charge on any atom is -0.456 e. The van der Waals surface area contributed by atoms with Crippen LogP contribution in [-0.2, 0) is 0 Å². The van der Waals surface area contributed by atoms with Crippen LogP contribution < -0.4 is 4.74 Å². The first-order valence-electron chi connectivity index (χ1n) is 8.10. The summed E-state index contributed by atoms with van der Waals surface area (Å²) >= 11 is 2.19. The van der Waals surface area contributed by atoms with E-state index in [1.165, 1.54) is 12.1 Å². The molecule has 0 saturated heterocycles. The van der Waals surface area contributed by atoms with Gasteiger partial charge in [0.25, 0.3) is 5.69 Å². The van der Waals surface area contributed by atoms with E-state index in [4.69, 9.17) is 9.26 Å². The van der Waals surface area contributed by atoms with E-state index in [9.17, 15) is 10.1 Å². The van der Waals surface area contributed by atoms with Crippen molar-refractivity contribution in [3.05, 3.63) is 80.0 Å². The molecule has 6 nitrogen and oxygen atoms in total.